The largest absolute Gasteiger partial charge is 0.457 e. The molecule has 0 radical (unpaired) electrons. The van der Waals surface area contributed by atoms with E-state index in [0.717, 1.165) is 23.0 Å². The van der Waals surface area contributed by atoms with E-state index in [1.807, 2.05) is 121 Å². The molecule has 0 spiro atoms. The van der Waals surface area contributed by atoms with Crippen molar-refractivity contribution >= 4 is 43.1 Å². The maximum Gasteiger partial charge on any atom is 0.127 e. The second-order valence-corrected chi connectivity index (χ2v) is 5.46. The van der Waals surface area contributed by atoms with Gasteiger partial charge in [-0.2, -0.15) is 13.5 Å². The molecule has 0 unspecified atom stereocenters. The summed E-state index contributed by atoms with van der Waals surface area (Å²) in [5.41, 5.74) is 0. The van der Waals surface area contributed by atoms with Crippen LogP contribution >= 0.6 is 13.5 Å². The molecular formula is C24H23NaO2S. The van der Waals surface area contributed by atoms with Gasteiger partial charge in [-0.25, -0.2) is 0 Å². The SMILES string of the molecule is S.[NaH].c1ccc(Oc2ccccc2)cc1.c1ccc(Oc2ccccc2)cc1. The zero-order valence-electron chi connectivity index (χ0n) is 14.9. The zero-order chi connectivity index (χ0) is 17.9. The van der Waals surface area contributed by atoms with Gasteiger partial charge in [0.2, 0.25) is 0 Å². The van der Waals surface area contributed by atoms with E-state index in [0.29, 0.717) is 0 Å². The minimum atomic E-state index is 0. The minimum Gasteiger partial charge on any atom is -0.457 e. The van der Waals surface area contributed by atoms with Crippen LogP contribution in [0.1, 0.15) is 0 Å². The van der Waals surface area contributed by atoms with Gasteiger partial charge < -0.3 is 9.47 Å². The van der Waals surface area contributed by atoms with E-state index in [4.69, 9.17) is 9.47 Å². The van der Waals surface area contributed by atoms with Crippen molar-refractivity contribution in [3.05, 3.63) is 121 Å². The molecule has 4 aromatic rings. The quantitative estimate of drug-likeness (QED) is 0.369. The average Bonchev–Trinajstić information content (AvgIpc) is 2.72. The van der Waals surface area contributed by atoms with Crippen molar-refractivity contribution in [1.82, 2.24) is 0 Å². The molecule has 4 aromatic carbocycles. The summed E-state index contributed by atoms with van der Waals surface area (Å²) in [6, 6.07) is 39.0. The predicted molar refractivity (Wildman–Crippen MR) is 123 cm³/mol. The number of rotatable bonds is 4. The Morgan fingerprint density at radius 2 is 0.500 bits per heavy atom. The van der Waals surface area contributed by atoms with E-state index < -0.39 is 0 Å². The summed E-state index contributed by atoms with van der Waals surface area (Å²) in [5.74, 6) is 3.48. The van der Waals surface area contributed by atoms with E-state index >= 15 is 0 Å². The van der Waals surface area contributed by atoms with Crippen molar-refractivity contribution in [2.75, 3.05) is 0 Å². The fourth-order valence-electron chi connectivity index (χ4n) is 2.23. The Bertz CT molecular complexity index is 721. The van der Waals surface area contributed by atoms with Crippen molar-refractivity contribution in [2.45, 2.75) is 0 Å². The van der Waals surface area contributed by atoms with Crippen molar-refractivity contribution in [3.63, 3.8) is 0 Å². The summed E-state index contributed by atoms with van der Waals surface area (Å²) in [7, 11) is 0. The number of hydrogen-bond donors (Lipinski definition) is 0. The van der Waals surface area contributed by atoms with E-state index in [9.17, 15) is 0 Å². The predicted octanol–water partition coefficient (Wildman–Crippen LogP) is 6.42. The number of hydrogen-bond acceptors (Lipinski definition) is 2. The van der Waals surface area contributed by atoms with Crippen molar-refractivity contribution in [1.29, 1.82) is 0 Å². The Balaban J connectivity index is 0.000000261. The number of benzene rings is 4. The van der Waals surface area contributed by atoms with Gasteiger partial charge in [0.15, 0.2) is 0 Å². The Kier molecular flexibility index (Phi) is 11.9. The summed E-state index contributed by atoms with van der Waals surface area (Å²) in [6.45, 7) is 0. The van der Waals surface area contributed by atoms with Crippen LogP contribution in [0.2, 0.25) is 0 Å². The van der Waals surface area contributed by atoms with Gasteiger partial charge in [-0.15, -0.1) is 0 Å². The molecule has 0 amide bonds. The zero-order valence-corrected chi connectivity index (χ0v) is 15.9. The third-order valence-corrected chi connectivity index (χ3v) is 3.44. The van der Waals surface area contributed by atoms with Gasteiger partial charge in [0.25, 0.3) is 0 Å². The fraction of sp³-hybridized carbons (Fsp3) is 0. The first-order chi connectivity index (χ1) is 12.9. The standard InChI is InChI=1S/2C12H10O.Na.H2S.H/c2*1-3-7-11(8-4-1)13-12-9-5-2-6-10-12;;;/h2*1-10H;;1H2;. The molecular weight excluding hydrogens is 375 g/mol. The number of para-hydroxylation sites is 4. The molecule has 0 saturated heterocycles. The maximum absolute atomic E-state index is 5.58. The molecule has 4 rings (SSSR count). The Labute approximate surface area is 195 Å². The maximum atomic E-state index is 5.58. The van der Waals surface area contributed by atoms with Crippen LogP contribution in [0.3, 0.4) is 0 Å². The molecule has 0 aliphatic rings. The number of ether oxygens (including phenoxy) is 2. The third kappa shape index (κ3) is 8.68. The van der Waals surface area contributed by atoms with Crippen LogP contribution in [0.4, 0.5) is 0 Å². The molecule has 0 aliphatic carbocycles. The monoisotopic (exact) mass is 398 g/mol. The summed E-state index contributed by atoms with van der Waals surface area (Å²) in [4.78, 5) is 0. The van der Waals surface area contributed by atoms with Gasteiger partial charge in [-0.05, 0) is 48.5 Å². The van der Waals surface area contributed by atoms with E-state index in [2.05, 4.69) is 0 Å². The Morgan fingerprint density at radius 1 is 0.321 bits per heavy atom. The molecule has 0 fully saturated rings. The van der Waals surface area contributed by atoms with Crippen LogP contribution in [-0.4, -0.2) is 29.6 Å². The molecule has 0 atom stereocenters. The van der Waals surface area contributed by atoms with Crippen molar-refractivity contribution in [3.8, 4) is 23.0 Å². The van der Waals surface area contributed by atoms with Crippen LogP contribution < -0.4 is 9.47 Å². The molecule has 0 N–H and O–H groups in total. The first-order valence-corrected chi connectivity index (χ1v) is 8.46. The van der Waals surface area contributed by atoms with Crippen molar-refractivity contribution in [2.24, 2.45) is 0 Å². The minimum absolute atomic E-state index is 0. The van der Waals surface area contributed by atoms with Gasteiger partial charge in [0, 0.05) is 0 Å². The second-order valence-electron chi connectivity index (χ2n) is 5.46. The summed E-state index contributed by atoms with van der Waals surface area (Å²) < 4.78 is 11.2. The van der Waals surface area contributed by atoms with E-state index in [1.54, 1.807) is 0 Å². The summed E-state index contributed by atoms with van der Waals surface area (Å²) in [6.07, 6.45) is 0. The van der Waals surface area contributed by atoms with E-state index in [1.165, 1.54) is 0 Å². The smallest absolute Gasteiger partial charge is 0.127 e. The van der Waals surface area contributed by atoms with E-state index in [-0.39, 0.29) is 43.1 Å². The van der Waals surface area contributed by atoms with Crippen molar-refractivity contribution < 1.29 is 9.47 Å². The molecule has 0 aromatic heterocycles. The molecule has 4 heteroatoms. The molecule has 138 valence electrons. The third-order valence-electron chi connectivity index (χ3n) is 3.44. The summed E-state index contributed by atoms with van der Waals surface area (Å²) in [5, 5.41) is 0. The van der Waals surface area contributed by atoms with Crippen LogP contribution in [0.25, 0.3) is 0 Å². The molecule has 0 bridgehead atoms. The summed E-state index contributed by atoms with van der Waals surface area (Å²) >= 11 is 0. The van der Waals surface area contributed by atoms with Gasteiger partial charge in [-0.1, -0.05) is 72.8 Å². The molecule has 0 saturated carbocycles. The molecule has 2 nitrogen and oxygen atoms in total. The Morgan fingerprint density at radius 3 is 0.679 bits per heavy atom. The average molecular weight is 399 g/mol. The van der Waals surface area contributed by atoms with Gasteiger partial charge in [-0.3, -0.25) is 0 Å². The first kappa shape index (κ1) is 23.9. The molecule has 0 heterocycles. The van der Waals surface area contributed by atoms with Gasteiger partial charge in [0.1, 0.15) is 23.0 Å². The molecule has 28 heavy (non-hydrogen) atoms. The van der Waals surface area contributed by atoms with Gasteiger partial charge in [0.05, 0.1) is 0 Å². The fourth-order valence-corrected chi connectivity index (χ4v) is 2.23. The normalized spacial score (nSPS) is 8.86. The molecule has 0 aliphatic heterocycles. The Hall–Kier alpha value is -2.17. The van der Waals surface area contributed by atoms with Crippen LogP contribution in [0.5, 0.6) is 23.0 Å². The first-order valence-electron chi connectivity index (χ1n) is 8.46. The van der Waals surface area contributed by atoms with Gasteiger partial charge >= 0.3 is 29.6 Å². The van der Waals surface area contributed by atoms with Crippen LogP contribution in [0, 0.1) is 0 Å². The van der Waals surface area contributed by atoms with Crippen LogP contribution in [0.15, 0.2) is 121 Å². The second kappa shape index (κ2) is 13.9. The van der Waals surface area contributed by atoms with Crippen LogP contribution in [-0.2, 0) is 0 Å². The topological polar surface area (TPSA) is 18.5 Å².